The Morgan fingerprint density at radius 3 is 1.81 bits per heavy atom. The van der Waals surface area contributed by atoms with Crippen molar-refractivity contribution in [2.45, 2.75) is 157 Å². The Balaban J connectivity index is 1.65. The number of fused-ring (bicyclic) bond motifs is 1. The van der Waals surface area contributed by atoms with Crippen molar-refractivity contribution in [2.75, 3.05) is 25.4 Å². The van der Waals surface area contributed by atoms with Crippen molar-refractivity contribution >= 4 is 107 Å². The lowest BCUT2D eigenvalue weighted by molar-refractivity contribution is -0.146. The van der Waals surface area contributed by atoms with E-state index < -0.39 is 169 Å². The number of nitrogens with two attached hydrogens (primary N) is 5. The third-order valence-corrected chi connectivity index (χ3v) is 15.3. The topological polar surface area (TPSA) is 573 Å². The molecule has 1 aliphatic rings. The Bertz CT molecular complexity index is 3260. The maximum absolute atomic E-state index is 14.8. The zero-order chi connectivity index (χ0) is 69.8. The number of carboxylic acid groups (broad SMARTS) is 2. The lowest BCUT2D eigenvalue weighted by atomic mass is 10.0. The molecule has 3 aromatic rings. The van der Waals surface area contributed by atoms with Crippen LogP contribution >= 0.6 is 12.6 Å². The number of benzene rings is 2. The third kappa shape index (κ3) is 24.8. The number of hydrogen-bond acceptors (Lipinski definition) is 18. The molecule has 0 aliphatic carbocycles. The summed E-state index contributed by atoms with van der Waals surface area (Å²) in [6, 6.07) is -4.16. The fraction of sp³-hybridized carbons (Fsp3) is 0.492. The Morgan fingerprint density at radius 1 is 0.691 bits per heavy atom. The van der Waals surface area contributed by atoms with Crippen molar-refractivity contribution in [1.29, 1.82) is 0 Å². The van der Waals surface area contributed by atoms with Crippen LogP contribution in [-0.2, 0) is 70.4 Å². The first-order valence-corrected chi connectivity index (χ1v) is 30.5. The number of carbonyl (C=O) groups excluding carboxylic acids is 11. The van der Waals surface area contributed by atoms with Gasteiger partial charge < -0.3 is 107 Å². The summed E-state index contributed by atoms with van der Waals surface area (Å²) in [5.74, 6) is -11.4. The van der Waals surface area contributed by atoms with Gasteiger partial charge in [0.2, 0.25) is 59.1 Å². The molecule has 1 aromatic heterocycles. The van der Waals surface area contributed by atoms with E-state index in [2.05, 4.69) is 76.4 Å². The molecule has 11 atom stereocenters. The van der Waals surface area contributed by atoms with Crippen LogP contribution < -0.4 is 76.5 Å². The molecule has 24 N–H and O–H groups in total. The number of thiol groups is 1. The van der Waals surface area contributed by atoms with Crippen molar-refractivity contribution in [2.24, 2.45) is 33.7 Å². The first-order chi connectivity index (χ1) is 44.5. The Kier molecular flexibility index (Phi) is 30.8. The number of phenols is 1. The lowest BCUT2D eigenvalue weighted by Gasteiger charge is -2.30. The number of urea groups is 1. The number of amides is 12. The van der Waals surface area contributed by atoms with Crippen molar-refractivity contribution in [1.82, 2.24) is 57.7 Å². The molecule has 0 unspecified atom stereocenters. The van der Waals surface area contributed by atoms with E-state index in [0.29, 0.717) is 22.0 Å². The molecular weight excluding hydrogens is 1250 g/mol. The van der Waals surface area contributed by atoms with Crippen molar-refractivity contribution < 1.29 is 82.8 Å². The van der Waals surface area contributed by atoms with E-state index in [4.69, 9.17) is 35.1 Å². The number of nitrogens with one attached hydrogen (secondary N) is 10. The summed E-state index contributed by atoms with van der Waals surface area (Å²) in [5.41, 5.74) is 29.0. The third-order valence-electron chi connectivity index (χ3n) is 14.9. The minimum Gasteiger partial charge on any atom is -0.508 e. The molecule has 34 nitrogen and oxygen atoms in total. The number of carboxylic acids is 2. The largest absolute Gasteiger partial charge is 0.508 e. The summed E-state index contributed by atoms with van der Waals surface area (Å²) in [6.07, 6.45) is 2.68. The number of para-hydroxylation sites is 1. The van der Waals surface area contributed by atoms with E-state index >= 15 is 0 Å². The highest BCUT2D eigenvalue weighted by Crippen LogP contribution is 2.22. The zero-order valence-corrected chi connectivity index (χ0v) is 52.4. The van der Waals surface area contributed by atoms with E-state index in [-0.39, 0.29) is 95.6 Å². The number of phenolic OH excluding ortho intramolecular Hbond substituents is 1. The standard InChI is InChI=1S/C59H83N17O17S/c1-3-4-11-36(49(83)74-42(57(91)92)25-31-16-18-33(78)19-17-31)68-51(85)39(20-21-45(60)79)70-52(86)40(26-32-28-67-35-12-6-5-10-34(32)35)72-48(82)37(14-8-23-66-59(64)93)69-53(87)43(29-94)75-50(84)38(13-7-22-65-58(62)63)71-54(88)44-15-9-24-76(44)56(90)41(27-46(80)81)73-55(89)47(61)30(2)77/h1,5-6,10,12,16-19,28,30,36-44,47,67,77-78,94H,4,7-9,11,13-15,20-27,29,61H2,2H3,(H2,60,79)(H,68,85)(H,69,87)(H,70,86)(H,71,88)(H,72,82)(H,73,89)(H,74,83)(H,75,84)(H,80,81)(H,91,92)(H4,62,63,65)(H3,64,66,93)/t30-,36+,37+,38+,39+,40+,41+,42+,43+,44+,47+/m1/s1. The second kappa shape index (κ2) is 38.0. The van der Waals surface area contributed by atoms with Crippen LogP contribution in [0.1, 0.15) is 88.7 Å². The molecule has 1 saturated heterocycles. The molecular formula is C59H83N17O17S. The minimum atomic E-state index is -1.73. The normalized spacial score (nSPS) is 15.8. The Morgan fingerprint density at radius 2 is 1.23 bits per heavy atom. The number of aliphatic hydroxyl groups is 1. The average Bonchev–Trinajstić information content (AvgIpc) is 1.66. The number of aliphatic carboxylic acids is 2. The van der Waals surface area contributed by atoms with Gasteiger partial charge in [0.1, 0.15) is 66.2 Å². The number of hydrogen-bond donors (Lipinski definition) is 20. The molecule has 94 heavy (non-hydrogen) atoms. The highest BCUT2D eigenvalue weighted by Gasteiger charge is 2.41. The van der Waals surface area contributed by atoms with Gasteiger partial charge in [-0.05, 0) is 87.6 Å². The van der Waals surface area contributed by atoms with Crippen LogP contribution in [0.25, 0.3) is 10.9 Å². The van der Waals surface area contributed by atoms with Gasteiger partial charge in [-0.1, -0.05) is 30.3 Å². The molecule has 512 valence electrons. The van der Waals surface area contributed by atoms with Gasteiger partial charge in [-0.15, -0.1) is 12.3 Å². The lowest BCUT2D eigenvalue weighted by Crippen LogP contribution is -2.61. The number of aromatic hydroxyl groups is 1. The number of guanidine groups is 1. The number of likely N-dealkylation sites (tertiary alicyclic amines) is 1. The molecule has 0 spiro atoms. The van der Waals surface area contributed by atoms with Crippen LogP contribution in [0.3, 0.4) is 0 Å². The van der Waals surface area contributed by atoms with Crippen LogP contribution in [-0.4, -0.2) is 205 Å². The highest BCUT2D eigenvalue weighted by atomic mass is 32.1. The molecule has 2 heterocycles. The highest BCUT2D eigenvalue weighted by molar-refractivity contribution is 7.80. The molecule has 2 aromatic carbocycles. The van der Waals surface area contributed by atoms with E-state index in [1.54, 1.807) is 30.5 Å². The second-order valence-corrected chi connectivity index (χ2v) is 22.5. The maximum atomic E-state index is 14.8. The number of carbonyl (C=O) groups is 13. The quantitative estimate of drug-likeness (QED) is 0.00835. The molecule has 0 bridgehead atoms. The van der Waals surface area contributed by atoms with Crippen LogP contribution in [0.4, 0.5) is 4.79 Å². The summed E-state index contributed by atoms with van der Waals surface area (Å²) >= 11 is 4.30. The molecule has 4 rings (SSSR count). The van der Waals surface area contributed by atoms with Crippen LogP contribution in [0.5, 0.6) is 5.75 Å². The molecule has 12 amide bonds. The van der Waals surface area contributed by atoms with Gasteiger partial charge in [0.05, 0.1) is 12.5 Å². The number of aromatic amines is 1. The Labute approximate surface area is 545 Å². The summed E-state index contributed by atoms with van der Waals surface area (Å²) in [7, 11) is 0. The average molecular weight is 1330 g/mol. The summed E-state index contributed by atoms with van der Waals surface area (Å²) in [5, 5.41) is 62.1. The first kappa shape index (κ1) is 76.2. The number of primary amides is 2. The fourth-order valence-electron chi connectivity index (χ4n) is 9.87. The van der Waals surface area contributed by atoms with Crippen LogP contribution in [0.2, 0.25) is 0 Å². The van der Waals surface area contributed by atoms with E-state index in [9.17, 15) is 82.8 Å². The van der Waals surface area contributed by atoms with E-state index in [0.717, 1.165) is 4.90 Å². The van der Waals surface area contributed by atoms with Gasteiger partial charge in [-0.3, -0.25) is 57.7 Å². The number of nitrogens with zero attached hydrogens (tertiary/aromatic N) is 2. The van der Waals surface area contributed by atoms with Gasteiger partial charge in [-0.25, -0.2) is 9.59 Å². The summed E-state index contributed by atoms with van der Waals surface area (Å²) in [6.45, 7) is 0.944. The number of aliphatic hydroxyl groups excluding tert-OH is 1. The predicted octanol–water partition coefficient (Wildman–Crippen LogP) is -5.09. The molecule has 1 aliphatic heterocycles. The van der Waals surface area contributed by atoms with Crippen LogP contribution in [0, 0.1) is 12.3 Å². The van der Waals surface area contributed by atoms with Crippen LogP contribution in [0.15, 0.2) is 59.7 Å². The molecule has 0 saturated carbocycles. The molecule has 1 fully saturated rings. The predicted molar refractivity (Wildman–Crippen MR) is 341 cm³/mol. The van der Waals surface area contributed by atoms with Gasteiger partial charge >= 0.3 is 18.0 Å². The van der Waals surface area contributed by atoms with E-state index in [1.165, 1.54) is 31.2 Å². The number of rotatable bonds is 39. The SMILES string of the molecule is C#CCC[C@H](NC(=O)[C@H](CCC(N)=O)NC(=O)[C@H](Cc1c[nH]c2ccccc12)NC(=O)[C@H](CCCNC(N)=O)NC(=O)[C@H](CS)NC(=O)[C@H](CCCN=C(N)N)NC(=O)[C@@H]1CCCN1C(=O)[C@H](CC(=O)O)NC(=O)[C@@H](N)[C@@H](C)O)C(=O)N[C@@H](Cc1ccc(O)cc1)C(=O)O. The van der Waals surface area contributed by atoms with Crippen molar-refractivity contribution in [3.8, 4) is 18.1 Å². The Hall–Kier alpha value is -10.2. The number of terminal acetylenes is 1. The van der Waals surface area contributed by atoms with Gasteiger partial charge in [0, 0.05) is 68.2 Å². The summed E-state index contributed by atoms with van der Waals surface area (Å²) < 4.78 is 0. The smallest absolute Gasteiger partial charge is 0.326 e. The van der Waals surface area contributed by atoms with Crippen molar-refractivity contribution in [3.05, 3.63) is 65.9 Å². The minimum absolute atomic E-state index is 0.0216. The van der Waals surface area contributed by atoms with Gasteiger partial charge in [0.25, 0.3) is 0 Å². The molecule has 35 heteroatoms. The van der Waals surface area contributed by atoms with Gasteiger partial charge in [0.15, 0.2) is 5.96 Å². The van der Waals surface area contributed by atoms with E-state index in [1.807, 2.05) is 0 Å². The van der Waals surface area contributed by atoms with Gasteiger partial charge in [-0.2, -0.15) is 12.6 Å². The maximum Gasteiger partial charge on any atom is 0.326 e. The first-order valence-electron chi connectivity index (χ1n) is 29.9. The molecule has 0 radical (unpaired) electrons. The number of H-pyrrole nitrogens is 1. The monoisotopic (exact) mass is 1330 g/mol. The zero-order valence-electron chi connectivity index (χ0n) is 51.5. The number of aromatic nitrogens is 1. The second-order valence-electron chi connectivity index (χ2n) is 22.1. The van der Waals surface area contributed by atoms with Crippen molar-refractivity contribution in [3.63, 3.8) is 0 Å². The number of aliphatic imine (C=N–C) groups is 1. The fourth-order valence-corrected chi connectivity index (χ4v) is 10.1. The summed E-state index contributed by atoms with van der Waals surface area (Å²) in [4.78, 5) is 183.